The first kappa shape index (κ1) is 29.7. The lowest BCUT2D eigenvalue weighted by atomic mass is 9.96. The normalized spacial score (nSPS) is 14.6. The van der Waals surface area contributed by atoms with Gasteiger partial charge in [-0.15, -0.1) is 11.3 Å². The summed E-state index contributed by atoms with van der Waals surface area (Å²) >= 11 is 4.61. The molecule has 0 bridgehead atoms. The predicted octanol–water partition coefficient (Wildman–Crippen LogP) is 6.25. The van der Waals surface area contributed by atoms with E-state index < -0.39 is 23.4 Å². The molecule has 12 heteroatoms. The number of thiazole rings is 1. The topological polar surface area (TPSA) is 122 Å². The van der Waals surface area contributed by atoms with Crippen LogP contribution in [0.4, 0.5) is 26.7 Å². The second kappa shape index (κ2) is 12.3. The third-order valence-corrected chi connectivity index (χ3v) is 6.85. The van der Waals surface area contributed by atoms with Crippen molar-refractivity contribution in [3.05, 3.63) is 33.2 Å². The summed E-state index contributed by atoms with van der Waals surface area (Å²) in [5.41, 5.74) is 1.01. The van der Waals surface area contributed by atoms with Crippen molar-refractivity contribution in [2.45, 2.75) is 65.6 Å². The molecule has 1 aromatic carbocycles. The number of alkyl carbamates (subject to hydrolysis) is 1. The molecule has 2 heterocycles. The lowest BCUT2D eigenvalue weighted by Gasteiger charge is -2.35. The SMILES string of the molecule is CC(C)(C)OC(=O)NCC1CCN(c2ccc(NC(=O)OC(C)(C)C)cc2NC(=O)c2csc(Br)n2)CC1. The monoisotopic (exact) mass is 609 g/mol. The Hall–Kier alpha value is -2.86. The van der Waals surface area contributed by atoms with Crippen LogP contribution in [0.2, 0.25) is 0 Å². The van der Waals surface area contributed by atoms with E-state index in [-0.39, 0.29) is 5.91 Å². The first-order chi connectivity index (χ1) is 17.7. The van der Waals surface area contributed by atoms with Crippen LogP contribution in [0.25, 0.3) is 0 Å². The fourth-order valence-corrected chi connectivity index (χ4v) is 4.86. The standard InChI is InChI=1S/C26H36BrN5O5S/c1-25(2,3)36-23(34)28-14-16-9-11-32(12-10-16)20-8-7-17(29-24(35)37-26(4,5)6)13-18(20)30-21(33)19-15-38-22(27)31-19/h7-8,13,15-16H,9-12,14H2,1-6H3,(H,28,34)(H,29,35)(H,30,33). The van der Waals surface area contributed by atoms with Crippen molar-refractivity contribution >= 4 is 62.4 Å². The third-order valence-electron chi connectivity index (χ3n) is 5.49. The summed E-state index contributed by atoms with van der Waals surface area (Å²) in [6.45, 7) is 12.9. The summed E-state index contributed by atoms with van der Waals surface area (Å²) in [5.74, 6) is -0.0312. The van der Waals surface area contributed by atoms with Crippen molar-refractivity contribution in [3.8, 4) is 0 Å². The number of benzene rings is 1. The minimum atomic E-state index is -0.637. The smallest absolute Gasteiger partial charge is 0.412 e. The Morgan fingerprint density at radius 3 is 2.24 bits per heavy atom. The van der Waals surface area contributed by atoms with Gasteiger partial charge in [0.25, 0.3) is 5.91 Å². The number of hydrogen-bond acceptors (Lipinski definition) is 8. The van der Waals surface area contributed by atoms with Crippen molar-refractivity contribution in [1.82, 2.24) is 10.3 Å². The summed E-state index contributed by atoms with van der Waals surface area (Å²) < 4.78 is 11.3. The summed E-state index contributed by atoms with van der Waals surface area (Å²) in [7, 11) is 0. The van der Waals surface area contributed by atoms with Gasteiger partial charge in [-0.3, -0.25) is 10.1 Å². The van der Waals surface area contributed by atoms with Gasteiger partial charge in [0.2, 0.25) is 0 Å². The first-order valence-electron chi connectivity index (χ1n) is 12.5. The lowest BCUT2D eigenvalue weighted by molar-refractivity contribution is 0.0515. The quantitative estimate of drug-likeness (QED) is 0.354. The van der Waals surface area contributed by atoms with E-state index >= 15 is 0 Å². The van der Waals surface area contributed by atoms with Gasteiger partial charge in [0.05, 0.1) is 11.4 Å². The number of rotatable bonds is 6. The van der Waals surface area contributed by atoms with Gasteiger partial charge in [-0.2, -0.15) is 0 Å². The van der Waals surface area contributed by atoms with Gasteiger partial charge in [0.15, 0.2) is 3.92 Å². The molecule has 1 aromatic heterocycles. The van der Waals surface area contributed by atoms with Gasteiger partial charge in [-0.05, 0) is 94.4 Å². The molecule has 0 saturated carbocycles. The van der Waals surface area contributed by atoms with Gasteiger partial charge in [-0.1, -0.05) is 0 Å². The Bertz CT molecular complexity index is 1150. The van der Waals surface area contributed by atoms with Crippen molar-refractivity contribution in [3.63, 3.8) is 0 Å². The molecule has 0 atom stereocenters. The first-order valence-corrected chi connectivity index (χ1v) is 14.1. The molecule has 0 unspecified atom stereocenters. The molecule has 0 spiro atoms. The summed E-state index contributed by atoms with van der Waals surface area (Å²) in [6.07, 6.45) is 0.733. The van der Waals surface area contributed by atoms with Crippen LogP contribution in [-0.2, 0) is 9.47 Å². The van der Waals surface area contributed by atoms with Crippen LogP contribution in [0.3, 0.4) is 0 Å². The van der Waals surface area contributed by atoms with E-state index in [1.165, 1.54) is 11.3 Å². The van der Waals surface area contributed by atoms with Crippen LogP contribution < -0.4 is 20.9 Å². The average molecular weight is 611 g/mol. The molecular weight excluding hydrogens is 574 g/mol. The summed E-state index contributed by atoms with van der Waals surface area (Å²) in [5, 5.41) is 10.2. The minimum absolute atomic E-state index is 0.297. The molecule has 3 rings (SSSR count). The third kappa shape index (κ3) is 9.46. The number of anilines is 3. The second-order valence-corrected chi connectivity index (χ2v) is 13.2. The Kier molecular flexibility index (Phi) is 9.64. The maximum atomic E-state index is 12.9. The molecule has 2 aromatic rings. The van der Waals surface area contributed by atoms with E-state index in [1.54, 1.807) is 38.3 Å². The van der Waals surface area contributed by atoms with Crippen LogP contribution in [0.5, 0.6) is 0 Å². The highest BCUT2D eigenvalue weighted by Crippen LogP contribution is 2.33. The van der Waals surface area contributed by atoms with Crippen molar-refractivity contribution in [2.75, 3.05) is 35.2 Å². The molecule has 1 aliphatic rings. The Morgan fingerprint density at radius 2 is 1.66 bits per heavy atom. The number of aromatic nitrogens is 1. The molecule has 1 aliphatic heterocycles. The fraction of sp³-hybridized carbons (Fsp3) is 0.538. The molecule has 0 aliphatic carbocycles. The largest absolute Gasteiger partial charge is 0.444 e. The molecule has 38 heavy (non-hydrogen) atoms. The van der Waals surface area contributed by atoms with Gasteiger partial charge in [0.1, 0.15) is 16.9 Å². The average Bonchev–Trinajstić information content (AvgIpc) is 3.22. The van der Waals surface area contributed by atoms with E-state index in [0.29, 0.717) is 33.4 Å². The highest BCUT2D eigenvalue weighted by atomic mass is 79.9. The number of ether oxygens (including phenoxy) is 2. The van der Waals surface area contributed by atoms with E-state index in [4.69, 9.17) is 9.47 Å². The van der Waals surface area contributed by atoms with Gasteiger partial charge >= 0.3 is 12.2 Å². The van der Waals surface area contributed by atoms with E-state index in [1.807, 2.05) is 26.8 Å². The lowest BCUT2D eigenvalue weighted by Crippen LogP contribution is -2.40. The van der Waals surface area contributed by atoms with Gasteiger partial charge in [-0.25, -0.2) is 14.6 Å². The Labute approximate surface area is 236 Å². The molecule has 10 nitrogen and oxygen atoms in total. The number of halogens is 1. The predicted molar refractivity (Wildman–Crippen MR) is 153 cm³/mol. The molecular formula is C26H36BrN5O5S. The second-order valence-electron chi connectivity index (χ2n) is 11.1. The number of amides is 3. The Morgan fingerprint density at radius 1 is 1.03 bits per heavy atom. The number of piperidine rings is 1. The maximum Gasteiger partial charge on any atom is 0.412 e. The highest BCUT2D eigenvalue weighted by molar-refractivity contribution is 9.11. The summed E-state index contributed by atoms with van der Waals surface area (Å²) in [4.78, 5) is 43.6. The molecule has 208 valence electrons. The number of hydrogen-bond donors (Lipinski definition) is 3. The zero-order valence-corrected chi connectivity index (χ0v) is 25.0. The van der Waals surface area contributed by atoms with Crippen LogP contribution >= 0.6 is 27.3 Å². The minimum Gasteiger partial charge on any atom is -0.444 e. The number of nitrogens with zero attached hydrogens (tertiary/aromatic N) is 2. The zero-order valence-electron chi connectivity index (χ0n) is 22.6. The van der Waals surface area contributed by atoms with Crippen LogP contribution in [0.1, 0.15) is 64.9 Å². The van der Waals surface area contributed by atoms with Crippen LogP contribution in [0, 0.1) is 5.92 Å². The van der Waals surface area contributed by atoms with E-state index in [2.05, 4.69) is 41.8 Å². The molecule has 1 fully saturated rings. The molecule has 3 amide bonds. The number of nitrogens with one attached hydrogen (secondary N) is 3. The fourth-order valence-electron chi connectivity index (χ4n) is 3.87. The van der Waals surface area contributed by atoms with Crippen molar-refractivity contribution in [2.24, 2.45) is 5.92 Å². The number of carbonyl (C=O) groups is 3. The van der Waals surface area contributed by atoms with Crippen LogP contribution in [-0.4, -0.2) is 53.9 Å². The van der Waals surface area contributed by atoms with E-state index in [0.717, 1.165) is 31.6 Å². The van der Waals surface area contributed by atoms with Crippen molar-refractivity contribution < 1.29 is 23.9 Å². The van der Waals surface area contributed by atoms with Gasteiger partial charge < -0.3 is 25.0 Å². The Balaban J connectivity index is 1.70. The van der Waals surface area contributed by atoms with Crippen molar-refractivity contribution in [1.29, 1.82) is 0 Å². The van der Waals surface area contributed by atoms with Gasteiger partial charge in [0, 0.05) is 30.7 Å². The summed E-state index contributed by atoms with van der Waals surface area (Å²) in [6, 6.07) is 5.37. The molecule has 1 saturated heterocycles. The number of carbonyl (C=O) groups excluding carboxylic acids is 3. The maximum absolute atomic E-state index is 12.9. The van der Waals surface area contributed by atoms with E-state index in [9.17, 15) is 14.4 Å². The van der Waals surface area contributed by atoms with Crippen LogP contribution in [0.15, 0.2) is 27.5 Å². The molecule has 0 radical (unpaired) electrons. The molecule has 3 N–H and O–H groups in total. The highest BCUT2D eigenvalue weighted by Gasteiger charge is 2.25. The zero-order chi connectivity index (χ0) is 28.1.